The molecule has 0 atom stereocenters. The first-order chi connectivity index (χ1) is 6.66. The molecule has 0 aliphatic carbocycles. The van der Waals surface area contributed by atoms with E-state index in [1.54, 1.807) is 0 Å². The minimum Gasteiger partial charge on any atom is -0.398 e. The Hall–Kier alpha value is -2.02. The van der Waals surface area contributed by atoms with E-state index in [0.29, 0.717) is 0 Å². The summed E-state index contributed by atoms with van der Waals surface area (Å²) >= 11 is 0. The summed E-state index contributed by atoms with van der Waals surface area (Å²) in [5.74, 6) is 0.960. The standard InChI is InChI=1S/C10H9FN2O/c1-2-6-13-10(14)9-7(11)4-3-5-8(9)12/h1,3-5H,6,12H2,(H,13,14). The predicted molar refractivity (Wildman–Crippen MR) is 52.0 cm³/mol. The lowest BCUT2D eigenvalue weighted by atomic mass is 10.1. The maximum absolute atomic E-state index is 13.1. The van der Waals surface area contributed by atoms with Gasteiger partial charge in [-0.15, -0.1) is 6.42 Å². The lowest BCUT2D eigenvalue weighted by Crippen LogP contribution is -2.25. The number of nitrogens with two attached hydrogens (primary N) is 1. The first kappa shape index (κ1) is 10.1. The van der Waals surface area contributed by atoms with Crippen LogP contribution in [0.3, 0.4) is 0 Å². The lowest BCUT2D eigenvalue weighted by molar-refractivity contribution is 0.0955. The Morgan fingerprint density at radius 1 is 1.64 bits per heavy atom. The van der Waals surface area contributed by atoms with Gasteiger partial charge in [-0.05, 0) is 12.1 Å². The second-order valence-electron chi connectivity index (χ2n) is 2.59. The van der Waals surface area contributed by atoms with Crippen LogP contribution in [0.5, 0.6) is 0 Å². The third-order valence-corrected chi connectivity index (χ3v) is 1.62. The molecular formula is C10H9FN2O. The number of halogens is 1. The highest BCUT2D eigenvalue weighted by Gasteiger charge is 2.13. The number of anilines is 1. The number of terminal acetylenes is 1. The monoisotopic (exact) mass is 192 g/mol. The molecule has 0 unspecified atom stereocenters. The number of hydrogen-bond acceptors (Lipinski definition) is 2. The van der Waals surface area contributed by atoms with Crippen molar-refractivity contribution in [3.8, 4) is 12.3 Å². The molecule has 3 N–H and O–H groups in total. The number of carbonyl (C=O) groups excluding carboxylic acids is 1. The Bertz CT molecular complexity index is 375. The Balaban J connectivity index is 2.95. The van der Waals surface area contributed by atoms with Crippen LogP contribution in [0.15, 0.2) is 18.2 Å². The molecule has 0 fully saturated rings. The Morgan fingerprint density at radius 2 is 2.36 bits per heavy atom. The highest BCUT2D eigenvalue weighted by Crippen LogP contribution is 2.14. The molecule has 0 aliphatic rings. The average Bonchev–Trinajstić information content (AvgIpc) is 2.14. The fourth-order valence-corrected chi connectivity index (χ4v) is 1.00. The maximum atomic E-state index is 13.1. The summed E-state index contributed by atoms with van der Waals surface area (Å²) in [6.45, 7) is 0.0482. The van der Waals surface area contributed by atoms with Crippen molar-refractivity contribution >= 4 is 11.6 Å². The molecule has 0 aliphatic heterocycles. The van der Waals surface area contributed by atoms with Crippen molar-refractivity contribution in [3.05, 3.63) is 29.6 Å². The van der Waals surface area contributed by atoms with Crippen molar-refractivity contribution in [1.82, 2.24) is 5.32 Å². The van der Waals surface area contributed by atoms with Gasteiger partial charge >= 0.3 is 0 Å². The fourth-order valence-electron chi connectivity index (χ4n) is 1.00. The predicted octanol–water partition coefficient (Wildman–Crippen LogP) is 0.771. The van der Waals surface area contributed by atoms with Crippen LogP contribution in [-0.4, -0.2) is 12.5 Å². The van der Waals surface area contributed by atoms with E-state index in [0.717, 1.165) is 0 Å². The second-order valence-corrected chi connectivity index (χ2v) is 2.59. The molecule has 1 aromatic rings. The molecule has 1 rings (SSSR count). The average molecular weight is 192 g/mol. The first-order valence-electron chi connectivity index (χ1n) is 3.92. The smallest absolute Gasteiger partial charge is 0.257 e. The van der Waals surface area contributed by atoms with Crippen LogP contribution in [0.4, 0.5) is 10.1 Å². The molecule has 0 aromatic heterocycles. The van der Waals surface area contributed by atoms with Gasteiger partial charge in [0.05, 0.1) is 12.1 Å². The van der Waals surface area contributed by atoms with Crippen molar-refractivity contribution in [1.29, 1.82) is 0 Å². The molecule has 3 nitrogen and oxygen atoms in total. The quantitative estimate of drug-likeness (QED) is 0.537. The zero-order valence-electron chi connectivity index (χ0n) is 7.38. The van der Waals surface area contributed by atoms with Crippen molar-refractivity contribution in [2.75, 3.05) is 12.3 Å². The molecule has 0 radical (unpaired) electrons. The Morgan fingerprint density at radius 3 is 2.93 bits per heavy atom. The number of carbonyl (C=O) groups is 1. The zero-order chi connectivity index (χ0) is 10.6. The molecule has 0 saturated carbocycles. The van der Waals surface area contributed by atoms with E-state index in [-0.39, 0.29) is 17.8 Å². The van der Waals surface area contributed by atoms with Crippen LogP contribution in [0.25, 0.3) is 0 Å². The Kier molecular flexibility index (Phi) is 3.08. The second kappa shape index (κ2) is 4.28. The van der Waals surface area contributed by atoms with Gasteiger partial charge in [0.25, 0.3) is 5.91 Å². The molecule has 1 aromatic carbocycles. The largest absolute Gasteiger partial charge is 0.398 e. The van der Waals surface area contributed by atoms with Gasteiger partial charge in [0.15, 0.2) is 0 Å². The molecule has 0 bridgehead atoms. The van der Waals surface area contributed by atoms with Gasteiger partial charge in [-0.3, -0.25) is 4.79 Å². The van der Waals surface area contributed by atoms with E-state index in [1.807, 2.05) is 0 Å². The summed E-state index contributed by atoms with van der Waals surface area (Å²) in [4.78, 5) is 11.3. The molecular weight excluding hydrogens is 183 g/mol. The minimum atomic E-state index is -0.653. The van der Waals surface area contributed by atoms with Gasteiger partial charge in [-0.1, -0.05) is 12.0 Å². The molecule has 14 heavy (non-hydrogen) atoms. The van der Waals surface area contributed by atoms with E-state index >= 15 is 0 Å². The van der Waals surface area contributed by atoms with Crippen LogP contribution in [0.2, 0.25) is 0 Å². The van der Waals surface area contributed by atoms with E-state index in [9.17, 15) is 9.18 Å². The molecule has 4 heteroatoms. The van der Waals surface area contributed by atoms with E-state index in [1.165, 1.54) is 18.2 Å². The van der Waals surface area contributed by atoms with Gasteiger partial charge in [-0.2, -0.15) is 0 Å². The first-order valence-corrected chi connectivity index (χ1v) is 3.92. The normalized spacial score (nSPS) is 9.14. The summed E-state index contributed by atoms with van der Waals surface area (Å²) in [5.41, 5.74) is 5.37. The van der Waals surface area contributed by atoms with E-state index in [2.05, 4.69) is 11.2 Å². The SMILES string of the molecule is C#CCNC(=O)c1c(N)cccc1F. The van der Waals surface area contributed by atoms with E-state index in [4.69, 9.17) is 12.2 Å². The number of hydrogen-bond donors (Lipinski definition) is 2. The number of nitrogen functional groups attached to an aromatic ring is 1. The molecule has 72 valence electrons. The molecule has 1 amide bonds. The zero-order valence-corrected chi connectivity index (χ0v) is 7.38. The Labute approximate surface area is 81.1 Å². The van der Waals surface area contributed by atoms with Gasteiger partial charge in [-0.25, -0.2) is 4.39 Å². The number of amides is 1. The topological polar surface area (TPSA) is 55.1 Å². The maximum Gasteiger partial charge on any atom is 0.257 e. The third-order valence-electron chi connectivity index (χ3n) is 1.62. The van der Waals surface area contributed by atoms with Gasteiger partial charge < -0.3 is 11.1 Å². The lowest BCUT2D eigenvalue weighted by Gasteiger charge is -2.05. The highest BCUT2D eigenvalue weighted by atomic mass is 19.1. The van der Waals surface area contributed by atoms with Gasteiger partial charge in [0, 0.05) is 5.69 Å². The van der Waals surface area contributed by atoms with Crippen molar-refractivity contribution in [2.24, 2.45) is 0 Å². The van der Waals surface area contributed by atoms with Crippen LogP contribution in [-0.2, 0) is 0 Å². The molecule has 0 heterocycles. The summed E-state index contributed by atoms with van der Waals surface area (Å²) in [7, 11) is 0. The summed E-state index contributed by atoms with van der Waals surface area (Å²) in [5, 5.41) is 2.34. The molecule has 0 spiro atoms. The number of rotatable bonds is 2. The van der Waals surface area contributed by atoms with Crippen LogP contribution in [0.1, 0.15) is 10.4 Å². The van der Waals surface area contributed by atoms with Crippen molar-refractivity contribution in [3.63, 3.8) is 0 Å². The summed E-state index contributed by atoms with van der Waals surface area (Å²) < 4.78 is 13.1. The van der Waals surface area contributed by atoms with Crippen molar-refractivity contribution in [2.45, 2.75) is 0 Å². The van der Waals surface area contributed by atoms with Crippen molar-refractivity contribution < 1.29 is 9.18 Å². The van der Waals surface area contributed by atoms with Crippen LogP contribution < -0.4 is 11.1 Å². The van der Waals surface area contributed by atoms with Crippen LogP contribution >= 0.6 is 0 Å². The summed E-state index contributed by atoms with van der Waals surface area (Å²) in [6.07, 6.45) is 4.94. The van der Waals surface area contributed by atoms with E-state index < -0.39 is 11.7 Å². The molecule has 0 saturated heterocycles. The van der Waals surface area contributed by atoms with Gasteiger partial charge in [0.1, 0.15) is 5.82 Å². The number of benzene rings is 1. The summed E-state index contributed by atoms with van der Waals surface area (Å²) in [6, 6.07) is 4.05. The minimum absolute atomic E-state index is 0.0482. The third kappa shape index (κ3) is 2.02. The highest BCUT2D eigenvalue weighted by molar-refractivity contribution is 5.99. The van der Waals surface area contributed by atoms with Gasteiger partial charge in [0.2, 0.25) is 0 Å². The fraction of sp³-hybridized carbons (Fsp3) is 0.100. The van der Waals surface area contributed by atoms with Crippen LogP contribution in [0, 0.1) is 18.2 Å². The number of nitrogens with one attached hydrogen (secondary N) is 1.